The van der Waals surface area contributed by atoms with Gasteiger partial charge in [0.2, 0.25) is 6.41 Å². The molecule has 1 aromatic heterocycles. The summed E-state index contributed by atoms with van der Waals surface area (Å²) in [6.45, 7) is 8.07. The van der Waals surface area contributed by atoms with E-state index in [0.29, 0.717) is 32.4 Å². The third-order valence-electron chi connectivity index (χ3n) is 3.84. The third-order valence-corrected chi connectivity index (χ3v) is 6.99. The number of carbonyl (C=O) groups is 1. The summed E-state index contributed by atoms with van der Waals surface area (Å²) in [5, 5.41) is 0. The second-order valence-corrected chi connectivity index (χ2v) is 8.22. The molecule has 0 spiro atoms. The Labute approximate surface area is 149 Å². The number of hydrogen-bond acceptors (Lipinski definition) is 5. The first kappa shape index (κ1) is 19.6. The van der Waals surface area contributed by atoms with Crippen LogP contribution in [0.15, 0.2) is 24.5 Å². The average Bonchev–Trinajstić information content (AvgIpc) is 3.07. The van der Waals surface area contributed by atoms with Crippen LogP contribution in [0.4, 0.5) is 5.69 Å². The highest BCUT2D eigenvalue weighted by molar-refractivity contribution is 6.60. The van der Waals surface area contributed by atoms with E-state index in [1.165, 1.54) is 0 Å². The van der Waals surface area contributed by atoms with Gasteiger partial charge in [-0.3, -0.25) is 4.79 Å². The molecule has 25 heavy (non-hydrogen) atoms. The number of hydrogen-bond donors (Lipinski definition) is 1. The topological polar surface area (TPSA) is 76.7 Å². The number of H-pyrrole nitrogens is 1. The minimum atomic E-state index is -2.67. The van der Waals surface area contributed by atoms with Crippen molar-refractivity contribution in [3.8, 4) is 0 Å². The minimum absolute atomic E-state index is 0.556. The van der Waals surface area contributed by atoms with Gasteiger partial charge in [-0.05, 0) is 45.4 Å². The summed E-state index contributed by atoms with van der Waals surface area (Å²) in [7, 11) is -2.67. The molecular weight excluding hydrogens is 338 g/mol. The summed E-state index contributed by atoms with van der Waals surface area (Å²) in [4.78, 5) is 20.5. The summed E-state index contributed by atoms with van der Waals surface area (Å²) in [5.74, 6) is 0. The molecule has 2 aromatic rings. The van der Waals surface area contributed by atoms with Crippen molar-refractivity contribution >= 4 is 31.9 Å². The SMILES string of the molecule is CCO[Si](CCCN(C=O)c1ccc2nc[nH]c2c1)(OCC)OCC. The molecule has 0 saturated heterocycles. The molecule has 1 heterocycles. The van der Waals surface area contributed by atoms with E-state index in [9.17, 15) is 4.79 Å². The Morgan fingerprint density at radius 2 is 1.84 bits per heavy atom. The van der Waals surface area contributed by atoms with E-state index in [2.05, 4.69) is 9.97 Å². The lowest BCUT2D eigenvalue weighted by Crippen LogP contribution is -2.46. The number of nitrogens with one attached hydrogen (secondary N) is 1. The molecule has 8 heteroatoms. The van der Waals surface area contributed by atoms with E-state index in [1.54, 1.807) is 11.2 Å². The molecule has 0 aliphatic carbocycles. The van der Waals surface area contributed by atoms with Gasteiger partial charge in [-0.2, -0.15) is 0 Å². The molecule has 1 N–H and O–H groups in total. The zero-order valence-corrected chi connectivity index (χ0v) is 16.2. The van der Waals surface area contributed by atoms with Crippen LogP contribution in [0.2, 0.25) is 6.04 Å². The number of imidazole rings is 1. The van der Waals surface area contributed by atoms with E-state index >= 15 is 0 Å². The van der Waals surface area contributed by atoms with Crippen molar-refractivity contribution in [3.63, 3.8) is 0 Å². The van der Waals surface area contributed by atoms with Crippen LogP contribution in [-0.2, 0) is 18.1 Å². The van der Waals surface area contributed by atoms with Gasteiger partial charge >= 0.3 is 8.80 Å². The number of aromatic amines is 1. The van der Waals surface area contributed by atoms with Crippen molar-refractivity contribution in [3.05, 3.63) is 24.5 Å². The van der Waals surface area contributed by atoms with Crippen LogP contribution in [0.1, 0.15) is 27.2 Å². The molecule has 1 amide bonds. The third kappa shape index (κ3) is 5.11. The molecule has 0 unspecified atom stereocenters. The molecule has 0 saturated carbocycles. The molecule has 138 valence electrons. The first-order valence-corrected chi connectivity index (χ1v) is 10.7. The fraction of sp³-hybridized carbons (Fsp3) is 0.529. The summed E-state index contributed by atoms with van der Waals surface area (Å²) in [6.07, 6.45) is 3.24. The molecule has 0 aliphatic heterocycles. The fourth-order valence-corrected chi connectivity index (χ4v) is 5.41. The van der Waals surface area contributed by atoms with Gasteiger partial charge in [0, 0.05) is 38.1 Å². The Bertz CT molecular complexity index is 647. The number of nitrogens with zero attached hydrogens (tertiary/aromatic N) is 2. The van der Waals surface area contributed by atoms with Crippen molar-refractivity contribution in [1.29, 1.82) is 0 Å². The highest BCUT2D eigenvalue weighted by Gasteiger charge is 2.39. The molecule has 0 radical (unpaired) electrons. The summed E-state index contributed by atoms with van der Waals surface area (Å²) in [6, 6.07) is 6.40. The maximum absolute atomic E-state index is 11.5. The monoisotopic (exact) mass is 365 g/mol. The van der Waals surface area contributed by atoms with Crippen LogP contribution in [0, 0.1) is 0 Å². The number of rotatable bonds is 12. The molecule has 1 aromatic carbocycles. The zero-order valence-electron chi connectivity index (χ0n) is 15.2. The standard InChI is InChI=1S/C17H27N3O4Si/c1-4-22-25(23-5-2,24-6-3)11-7-10-20(14-21)15-8-9-16-17(12-15)19-13-18-16/h8-9,12-14H,4-7,10-11H2,1-3H3,(H,18,19). The second kappa shape index (κ2) is 9.67. The van der Waals surface area contributed by atoms with Crippen molar-refractivity contribution in [1.82, 2.24) is 9.97 Å². The van der Waals surface area contributed by atoms with Gasteiger partial charge in [0.25, 0.3) is 0 Å². The largest absolute Gasteiger partial charge is 0.500 e. The number of amides is 1. The second-order valence-electron chi connectivity index (χ2n) is 5.49. The van der Waals surface area contributed by atoms with Gasteiger partial charge in [0.15, 0.2) is 0 Å². The smallest absolute Gasteiger partial charge is 0.374 e. The minimum Gasteiger partial charge on any atom is -0.374 e. The fourth-order valence-electron chi connectivity index (χ4n) is 2.81. The van der Waals surface area contributed by atoms with E-state index in [4.69, 9.17) is 13.3 Å². The van der Waals surface area contributed by atoms with Crippen LogP contribution < -0.4 is 4.90 Å². The molecule has 0 atom stereocenters. The number of anilines is 1. The molecule has 0 aliphatic rings. The first-order valence-electron chi connectivity index (χ1n) is 8.75. The highest BCUT2D eigenvalue weighted by atomic mass is 28.4. The van der Waals surface area contributed by atoms with Crippen LogP contribution in [0.3, 0.4) is 0 Å². The molecule has 0 fully saturated rings. The molecule has 2 rings (SSSR count). The quantitative estimate of drug-likeness (QED) is 0.462. The zero-order chi connectivity index (χ0) is 18.1. The van der Waals surface area contributed by atoms with Crippen molar-refractivity contribution < 1.29 is 18.1 Å². The van der Waals surface area contributed by atoms with Gasteiger partial charge in [0.05, 0.1) is 17.4 Å². The van der Waals surface area contributed by atoms with Crippen LogP contribution in [0.5, 0.6) is 0 Å². The maximum atomic E-state index is 11.5. The average molecular weight is 366 g/mol. The lowest BCUT2D eigenvalue weighted by Gasteiger charge is -2.29. The lowest BCUT2D eigenvalue weighted by molar-refractivity contribution is -0.107. The van der Waals surface area contributed by atoms with Crippen molar-refractivity contribution in [2.45, 2.75) is 33.2 Å². The Morgan fingerprint density at radius 1 is 1.16 bits per heavy atom. The predicted molar refractivity (Wildman–Crippen MR) is 99.6 cm³/mol. The summed E-state index contributed by atoms with van der Waals surface area (Å²) in [5.41, 5.74) is 2.62. The summed E-state index contributed by atoms with van der Waals surface area (Å²) < 4.78 is 17.6. The van der Waals surface area contributed by atoms with Gasteiger partial charge in [-0.25, -0.2) is 4.98 Å². The Kier molecular flexibility index (Phi) is 7.57. The number of aromatic nitrogens is 2. The van der Waals surface area contributed by atoms with Gasteiger partial charge in [-0.15, -0.1) is 0 Å². The number of carbonyl (C=O) groups excluding carboxylic acids is 1. The van der Waals surface area contributed by atoms with Crippen LogP contribution >= 0.6 is 0 Å². The van der Waals surface area contributed by atoms with Crippen LogP contribution in [-0.4, -0.2) is 51.5 Å². The summed E-state index contributed by atoms with van der Waals surface area (Å²) >= 11 is 0. The normalized spacial score (nSPS) is 11.8. The maximum Gasteiger partial charge on any atom is 0.500 e. The lowest BCUT2D eigenvalue weighted by atomic mass is 10.2. The van der Waals surface area contributed by atoms with E-state index in [0.717, 1.165) is 29.6 Å². The van der Waals surface area contributed by atoms with Gasteiger partial charge in [0.1, 0.15) is 0 Å². The van der Waals surface area contributed by atoms with Crippen molar-refractivity contribution in [2.24, 2.45) is 0 Å². The van der Waals surface area contributed by atoms with Crippen LogP contribution in [0.25, 0.3) is 11.0 Å². The molecular formula is C17H27N3O4Si. The van der Waals surface area contributed by atoms with E-state index in [-0.39, 0.29) is 0 Å². The number of fused-ring (bicyclic) bond motifs is 1. The van der Waals surface area contributed by atoms with E-state index in [1.807, 2.05) is 39.0 Å². The Hall–Kier alpha value is -1.74. The number of benzene rings is 1. The molecule has 7 nitrogen and oxygen atoms in total. The Balaban J connectivity index is 2.01. The van der Waals surface area contributed by atoms with Gasteiger partial charge in [-0.1, -0.05) is 0 Å². The van der Waals surface area contributed by atoms with Crippen molar-refractivity contribution in [2.75, 3.05) is 31.3 Å². The van der Waals surface area contributed by atoms with E-state index < -0.39 is 8.80 Å². The Morgan fingerprint density at radius 3 is 2.44 bits per heavy atom. The predicted octanol–water partition coefficient (Wildman–Crippen LogP) is 2.96. The highest BCUT2D eigenvalue weighted by Crippen LogP contribution is 2.22. The first-order chi connectivity index (χ1) is 12.2. The van der Waals surface area contributed by atoms with Gasteiger partial charge < -0.3 is 23.2 Å². The molecule has 0 bridgehead atoms.